The Morgan fingerprint density at radius 3 is 2.54 bits per heavy atom. The summed E-state index contributed by atoms with van der Waals surface area (Å²) in [5.41, 5.74) is 5.12. The van der Waals surface area contributed by atoms with Crippen LogP contribution in [-0.4, -0.2) is 15.4 Å². The average Bonchev–Trinajstić information content (AvgIpc) is 2.53. The average molecular weight is 335 g/mol. The summed E-state index contributed by atoms with van der Waals surface area (Å²) >= 11 is 0. The molecule has 3 rings (SSSR count). The number of nitrogens with zero attached hydrogens (tertiary/aromatic N) is 2. The van der Waals surface area contributed by atoms with Crippen LogP contribution in [0.3, 0.4) is 0 Å². The van der Waals surface area contributed by atoms with Crippen LogP contribution < -0.4 is 0 Å². The lowest BCUT2D eigenvalue weighted by molar-refractivity contribution is 0.678. The number of rotatable bonds is 3. The summed E-state index contributed by atoms with van der Waals surface area (Å²) in [7, 11) is -2.57. The Morgan fingerprint density at radius 1 is 1.21 bits per heavy atom. The largest absolute Gasteiger partial charge is 0.255 e. The van der Waals surface area contributed by atoms with Gasteiger partial charge >= 0.3 is 0 Å². The summed E-state index contributed by atoms with van der Waals surface area (Å²) in [4.78, 5) is 4.36. The minimum Gasteiger partial charge on any atom is -0.255 e. The summed E-state index contributed by atoms with van der Waals surface area (Å²) < 4.78 is 19.2. The Kier molecular flexibility index (Phi) is 4.08. The van der Waals surface area contributed by atoms with Crippen LogP contribution in [-0.2, 0) is 15.5 Å². The van der Waals surface area contributed by atoms with Gasteiger partial charge in [0, 0.05) is 33.1 Å². The Balaban J connectivity index is 2.18. The molecule has 0 aliphatic carbocycles. The maximum Gasteiger partial charge on any atom is 0.101 e. The van der Waals surface area contributed by atoms with Crippen molar-refractivity contribution in [1.29, 1.82) is 10.0 Å². The van der Waals surface area contributed by atoms with E-state index in [1.165, 1.54) is 6.26 Å². The second-order valence-electron chi connectivity index (χ2n) is 6.03. The Morgan fingerprint density at radius 2 is 1.92 bits per heavy atom. The van der Waals surface area contributed by atoms with Gasteiger partial charge in [-0.15, -0.1) is 0 Å². The number of benzene rings is 2. The fraction of sp³-hybridized carbons (Fsp3) is 0.158. The van der Waals surface area contributed by atoms with Crippen molar-refractivity contribution in [1.82, 2.24) is 4.98 Å². The van der Waals surface area contributed by atoms with Crippen LogP contribution >= 0.6 is 0 Å². The SMILES string of the molecule is Cc1ccc2ncc(C#N)c(-c3ccc(CS(C)(=N)=O)cc3)c2c1. The number of hydrogen-bond acceptors (Lipinski definition) is 4. The maximum atomic E-state index is 11.6. The molecular weight excluding hydrogens is 318 g/mol. The third kappa shape index (κ3) is 3.29. The third-order valence-electron chi connectivity index (χ3n) is 3.83. The molecule has 5 heteroatoms. The number of nitrogens with one attached hydrogen (secondary N) is 1. The van der Waals surface area contributed by atoms with Crippen LogP contribution in [0, 0.1) is 23.0 Å². The summed E-state index contributed by atoms with van der Waals surface area (Å²) in [5.74, 6) is 0.231. The van der Waals surface area contributed by atoms with Crippen LogP contribution in [0.4, 0.5) is 0 Å². The molecule has 0 radical (unpaired) electrons. The number of aromatic nitrogens is 1. The van der Waals surface area contributed by atoms with Gasteiger partial charge in [-0.3, -0.25) is 9.76 Å². The minimum atomic E-state index is -2.57. The second-order valence-corrected chi connectivity index (χ2v) is 8.32. The first-order chi connectivity index (χ1) is 11.4. The van der Waals surface area contributed by atoms with E-state index in [2.05, 4.69) is 11.1 Å². The monoisotopic (exact) mass is 335 g/mol. The standard InChI is InChI=1S/C19H17N3OS/c1-13-3-8-18-17(9-13)19(16(10-20)11-22-18)15-6-4-14(5-7-15)12-24(2,21)23/h3-9,11,21H,12H2,1-2H3. The van der Waals surface area contributed by atoms with Crippen molar-refractivity contribution in [3.05, 3.63) is 65.4 Å². The van der Waals surface area contributed by atoms with Crippen molar-refractivity contribution in [2.24, 2.45) is 0 Å². The van der Waals surface area contributed by atoms with Gasteiger partial charge in [0.05, 0.1) is 16.8 Å². The van der Waals surface area contributed by atoms with E-state index in [0.717, 1.165) is 33.2 Å². The molecule has 0 bridgehead atoms. The van der Waals surface area contributed by atoms with E-state index in [4.69, 9.17) is 4.78 Å². The van der Waals surface area contributed by atoms with Crippen LogP contribution in [0.2, 0.25) is 0 Å². The first kappa shape index (κ1) is 16.2. The number of pyridine rings is 1. The lowest BCUT2D eigenvalue weighted by Gasteiger charge is -2.10. The highest BCUT2D eigenvalue weighted by molar-refractivity contribution is 7.90. The quantitative estimate of drug-likeness (QED) is 0.777. The predicted octanol–water partition coefficient (Wildman–Crippen LogP) is 4.26. The number of aryl methyl sites for hydroxylation is 1. The first-order valence-corrected chi connectivity index (χ1v) is 9.61. The number of nitriles is 1. The molecule has 1 atom stereocenters. The number of hydrogen-bond donors (Lipinski definition) is 1. The molecule has 0 aliphatic heterocycles. The van der Waals surface area contributed by atoms with E-state index >= 15 is 0 Å². The van der Waals surface area contributed by atoms with Gasteiger partial charge in [0.1, 0.15) is 6.07 Å². The third-order valence-corrected chi connectivity index (χ3v) is 4.71. The lowest BCUT2D eigenvalue weighted by Crippen LogP contribution is -1.98. The molecule has 1 N–H and O–H groups in total. The fourth-order valence-corrected chi connectivity index (χ4v) is 3.62. The van der Waals surface area contributed by atoms with Crippen molar-refractivity contribution in [2.75, 3.05) is 6.26 Å². The van der Waals surface area contributed by atoms with Gasteiger partial charge in [-0.2, -0.15) is 5.26 Å². The van der Waals surface area contributed by atoms with Crippen molar-refractivity contribution in [3.63, 3.8) is 0 Å². The van der Waals surface area contributed by atoms with Gasteiger partial charge in [0.2, 0.25) is 0 Å². The van der Waals surface area contributed by atoms with Crippen molar-refractivity contribution < 1.29 is 4.21 Å². The van der Waals surface area contributed by atoms with E-state index in [9.17, 15) is 9.47 Å². The van der Waals surface area contributed by atoms with Crippen LogP contribution in [0.15, 0.2) is 48.7 Å². The minimum absolute atomic E-state index is 0.231. The zero-order chi connectivity index (χ0) is 17.3. The van der Waals surface area contributed by atoms with E-state index in [-0.39, 0.29) is 5.75 Å². The predicted molar refractivity (Wildman–Crippen MR) is 97.1 cm³/mol. The molecule has 0 spiro atoms. The van der Waals surface area contributed by atoms with E-state index in [1.807, 2.05) is 49.4 Å². The zero-order valence-electron chi connectivity index (χ0n) is 13.5. The van der Waals surface area contributed by atoms with Crippen LogP contribution in [0.25, 0.3) is 22.0 Å². The zero-order valence-corrected chi connectivity index (χ0v) is 14.4. The maximum absolute atomic E-state index is 11.6. The van der Waals surface area contributed by atoms with E-state index in [0.29, 0.717) is 5.56 Å². The molecule has 0 amide bonds. The highest BCUT2D eigenvalue weighted by atomic mass is 32.2. The molecule has 2 aromatic carbocycles. The van der Waals surface area contributed by atoms with Crippen LogP contribution in [0.5, 0.6) is 0 Å². The summed E-state index contributed by atoms with van der Waals surface area (Å²) in [6, 6.07) is 15.8. The molecule has 0 aliphatic rings. The summed E-state index contributed by atoms with van der Waals surface area (Å²) in [6.45, 7) is 2.01. The van der Waals surface area contributed by atoms with Gasteiger partial charge in [0.15, 0.2) is 0 Å². The van der Waals surface area contributed by atoms with Gasteiger partial charge in [-0.25, -0.2) is 4.21 Å². The van der Waals surface area contributed by atoms with Crippen molar-refractivity contribution in [3.8, 4) is 17.2 Å². The van der Waals surface area contributed by atoms with Crippen molar-refractivity contribution >= 4 is 20.6 Å². The molecule has 24 heavy (non-hydrogen) atoms. The number of fused-ring (bicyclic) bond motifs is 1. The second kappa shape index (κ2) is 6.06. The lowest BCUT2D eigenvalue weighted by atomic mass is 9.95. The Labute approximate surface area is 141 Å². The fourth-order valence-electron chi connectivity index (χ4n) is 2.79. The van der Waals surface area contributed by atoms with E-state index < -0.39 is 9.73 Å². The molecular formula is C19H17N3OS. The van der Waals surface area contributed by atoms with Crippen molar-refractivity contribution in [2.45, 2.75) is 12.7 Å². The Hall–Kier alpha value is -2.71. The molecule has 0 saturated heterocycles. The topological polar surface area (TPSA) is 77.6 Å². The van der Waals surface area contributed by atoms with Gasteiger partial charge in [0.25, 0.3) is 0 Å². The molecule has 1 unspecified atom stereocenters. The van der Waals surface area contributed by atoms with Gasteiger partial charge < -0.3 is 0 Å². The molecule has 4 nitrogen and oxygen atoms in total. The molecule has 0 fully saturated rings. The summed E-state index contributed by atoms with van der Waals surface area (Å²) in [5, 5.41) is 10.4. The first-order valence-electron chi connectivity index (χ1n) is 7.47. The molecule has 120 valence electrons. The van der Waals surface area contributed by atoms with Crippen LogP contribution in [0.1, 0.15) is 16.7 Å². The van der Waals surface area contributed by atoms with Gasteiger partial charge in [-0.05, 0) is 30.2 Å². The molecule has 1 heterocycles. The smallest absolute Gasteiger partial charge is 0.101 e. The normalized spacial score (nSPS) is 13.4. The Bertz CT molecular complexity index is 1060. The highest BCUT2D eigenvalue weighted by Gasteiger charge is 2.12. The summed E-state index contributed by atoms with van der Waals surface area (Å²) in [6.07, 6.45) is 3.04. The van der Waals surface area contributed by atoms with E-state index in [1.54, 1.807) is 6.20 Å². The molecule has 0 saturated carbocycles. The molecule has 3 aromatic rings. The van der Waals surface area contributed by atoms with Gasteiger partial charge in [-0.1, -0.05) is 35.9 Å². The molecule has 1 aromatic heterocycles. The highest BCUT2D eigenvalue weighted by Crippen LogP contribution is 2.31.